The van der Waals surface area contributed by atoms with E-state index >= 15 is 0 Å². The minimum absolute atomic E-state index is 0.0553. The fourth-order valence-corrected chi connectivity index (χ4v) is 2.88. The van der Waals surface area contributed by atoms with Crippen molar-refractivity contribution in [1.82, 2.24) is 19.9 Å². The number of alkyl halides is 3. The predicted molar refractivity (Wildman–Crippen MR) is 93.6 cm³/mol. The van der Waals surface area contributed by atoms with Crippen molar-refractivity contribution in [1.29, 1.82) is 0 Å². The number of nitrogens with one attached hydrogen (secondary N) is 2. The van der Waals surface area contributed by atoms with Crippen LogP contribution in [0.4, 0.5) is 19.0 Å². The summed E-state index contributed by atoms with van der Waals surface area (Å²) < 4.78 is 40.4. The van der Waals surface area contributed by atoms with E-state index in [1.54, 1.807) is 24.5 Å². The molecular weight excluding hydrogens is 361 g/mol. The molecule has 0 saturated carbocycles. The number of fused-ring (bicyclic) bond motifs is 1. The molecule has 0 aliphatic carbocycles. The Bertz CT molecular complexity index is 955. The number of H-pyrrole nitrogens is 1. The highest BCUT2D eigenvalue weighted by Crippen LogP contribution is 2.31. The van der Waals surface area contributed by atoms with Crippen LogP contribution in [-0.4, -0.2) is 38.1 Å². The van der Waals surface area contributed by atoms with Gasteiger partial charge in [0.25, 0.3) is 0 Å². The molecule has 3 aromatic rings. The number of rotatable bonds is 6. The minimum Gasteiger partial charge on any atom is -0.369 e. The molecule has 142 valence electrons. The molecule has 10 heteroatoms. The van der Waals surface area contributed by atoms with Gasteiger partial charge in [0.15, 0.2) is 5.82 Å². The first-order chi connectivity index (χ1) is 12.8. The van der Waals surface area contributed by atoms with Crippen LogP contribution in [0.2, 0.25) is 0 Å². The smallest absolute Gasteiger partial charge is 0.369 e. The van der Waals surface area contributed by atoms with Gasteiger partial charge in [-0.3, -0.25) is 4.79 Å². The molecule has 0 aliphatic rings. The predicted octanol–water partition coefficient (Wildman–Crippen LogP) is 2.87. The quantitative estimate of drug-likeness (QED) is 0.611. The highest BCUT2D eigenvalue weighted by molar-refractivity contribution is 5.91. The van der Waals surface area contributed by atoms with Crippen LogP contribution in [0, 0.1) is 5.92 Å². The van der Waals surface area contributed by atoms with E-state index < -0.39 is 24.0 Å². The lowest BCUT2D eigenvalue weighted by Crippen LogP contribution is -2.47. The summed E-state index contributed by atoms with van der Waals surface area (Å²) >= 11 is 0. The molecule has 2 atom stereocenters. The molecule has 1 amide bonds. The molecule has 2 unspecified atom stereocenters. The summed E-state index contributed by atoms with van der Waals surface area (Å²) in [5.41, 5.74) is 6.36. The second kappa shape index (κ2) is 7.22. The zero-order valence-corrected chi connectivity index (χ0v) is 14.3. The average Bonchev–Trinajstić information content (AvgIpc) is 3.05. The van der Waals surface area contributed by atoms with E-state index in [4.69, 9.17) is 5.73 Å². The Kier molecular flexibility index (Phi) is 4.98. The van der Waals surface area contributed by atoms with Gasteiger partial charge in [0.2, 0.25) is 5.91 Å². The van der Waals surface area contributed by atoms with Gasteiger partial charge in [-0.15, -0.1) is 0 Å². The number of pyridine rings is 1. The Hall–Kier alpha value is -3.17. The van der Waals surface area contributed by atoms with Crippen LogP contribution >= 0.6 is 0 Å². The standard InChI is InChI=1S/C17H17F3N6O/c1-2-9(14(21)27)13(17(18,19)20)25-12-5-7-23-16(26-12)11-8-24-15-10(11)4-3-6-22-15/h3-9,13H,2H2,1H3,(H2,21,27)(H,22,24)(H,23,25,26). The number of primary amides is 1. The van der Waals surface area contributed by atoms with E-state index in [0.717, 1.165) is 5.39 Å². The van der Waals surface area contributed by atoms with Gasteiger partial charge in [-0.25, -0.2) is 15.0 Å². The first kappa shape index (κ1) is 18.6. The van der Waals surface area contributed by atoms with Gasteiger partial charge >= 0.3 is 6.18 Å². The number of aromatic amines is 1. The molecule has 0 saturated heterocycles. The molecule has 0 bridgehead atoms. The van der Waals surface area contributed by atoms with E-state index in [2.05, 4.69) is 25.3 Å². The second-order valence-corrected chi connectivity index (χ2v) is 5.95. The lowest BCUT2D eigenvalue weighted by Gasteiger charge is -2.27. The summed E-state index contributed by atoms with van der Waals surface area (Å²) in [6.45, 7) is 1.47. The van der Waals surface area contributed by atoms with Gasteiger partial charge < -0.3 is 16.0 Å². The molecule has 3 rings (SSSR count). The van der Waals surface area contributed by atoms with Crippen LogP contribution in [0.3, 0.4) is 0 Å². The van der Waals surface area contributed by atoms with Crippen LogP contribution in [0.1, 0.15) is 13.3 Å². The monoisotopic (exact) mass is 378 g/mol. The fourth-order valence-electron chi connectivity index (χ4n) is 2.88. The summed E-state index contributed by atoms with van der Waals surface area (Å²) in [6.07, 6.45) is -0.136. The van der Waals surface area contributed by atoms with Crippen LogP contribution in [0.5, 0.6) is 0 Å². The van der Waals surface area contributed by atoms with Gasteiger partial charge in [0.05, 0.1) is 5.92 Å². The van der Waals surface area contributed by atoms with Crippen molar-refractivity contribution in [2.75, 3.05) is 5.32 Å². The highest BCUT2D eigenvalue weighted by Gasteiger charge is 2.46. The summed E-state index contributed by atoms with van der Waals surface area (Å²) in [5.74, 6) is -2.27. The Morgan fingerprint density at radius 2 is 2.07 bits per heavy atom. The van der Waals surface area contributed by atoms with Crippen molar-refractivity contribution in [2.24, 2.45) is 11.7 Å². The van der Waals surface area contributed by atoms with E-state index in [-0.39, 0.29) is 18.1 Å². The van der Waals surface area contributed by atoms with E-state index in [1.165, 1.54) is 19.2 Å². The van der Waals surface area contributed by atoms with Crippen molar-refractivity contribution in [3.05, 3.63) is 36.8 Å². The van der Waals surface area contributed by atoms with E-state index in [9.17, 15) is 18.0 Å². The summed E-state index contributed by atoms with van der Waals surface area (Å²) in [6, 6.07) is 2.70. The van der Waals surface area contributed by atoms with Crippen LogP contribution in [-0.2, 0) is 4.79 Å². The van der Waals surface area contributed by atoms with Gasteiger partial charge in [-0.2, -0.15) is 13.2 Å². The molecule has 0 aliphatic heterocycles. The highest BCUT2D eigenvalue weighted by atomic mass is 19.4. The van der Waals surface area contributed by atoms with E-state index in [0.29, 0.717) is 11.2 Å². The molecule has 0 aromatic carbocycles. The maximum absolute atomic E-state index is 13.5. The van der Waals surface area contributed by atoms with E-state index in [1.807, 2.05) is 0 Å². The Labute approximate surface area is 152 Å². The third-order valence-corrected chi connectivity index (χ3v) is 4.21. The SMILES string of the molecule is CCC(C(N)=O)C(Nc1ccnc(-c2c[nH]c3ncccc23)n1)C(F)(F)F. The van der Waals surface area contributed by atoms with Crippen LogP contribution in [0.25, 0.3) is 22.4 Å². The van der Waals surface area contributed by atoms with Crippen molar-refractivity contribution in [3.63, 3.8) is 0 Å². The number of halogens is 3. The number of amides is 1. The Morgan fingerprint density at radius 1 is 1.30 bits per heavy atom. The van der Waals surface area contributed by atoms with Crippen molar-refractivity contribution in [3.8, 4) is 11.4 Å². The third kappa shape index (κ3) is 3.83. The number of carbonyl (C=O) groups is 1. The second-order valence-electron chi connectivity index (χ2n) is 5.95. The zero-order valence-electron chi connectivity index (χ0n) is 14.3. The van der Waals surface area contributed by atoms with Gasteiger partial charge in [-0.05, 0) is 24.6 Å². The lowest BCUT2D eigenvalue weighted by atomic mass is 9.95. The van der Waals surface area contributed by atoms with Gasteiger partial charge in [0, 0.05) is 29.5 Å². The number of hydrogen-bond acceptors (Lipinski definition) is 5. The minimum atomic E-state index is -4.68. The number of nitrogens with two attached hydrogens (primary N) is 1. The number of hydrogen-bond donors (Lipinski definition) is 3. The van der Waals surface area contributed by atoms with Crippen molar-refractivity contribution < 1.29 is 18.0 Å². The third-order valence-electron chi connectivity index (χ3n) is 4.21. The van der Waals surface area contributed by atoms with Gasteiger partial charge in [-0.1, -0.05) is 6.92 Å². The number of carbonyl (C=O) groups excluding carboxylic acids is 1. The summed E-state index contributed by atoms with van der Waals surface area (Å²) in [4.78, 5) is 26.9. The topological polar surface area (TPSA) is 110 Å². The normalized spacial score (nSPS) is 14.1. The Balaban J connectivity index is 1.96. The molecular formula is C17H17F3N6O. The molecule has 7 nitrogen and oxygen atoms in total. The molecule has 3 heterocycles. The number of anilines is 1. The summed E-state index contributed by atoms with van der Waals surface area (Å²) in [7, 11) is 0. The lowest BCUT2D eigenvalue weighted by molar-refractivity contribution is -0.160. The summed E-state index contributed by atoms with van der Waals surface area (Å²) in [5, 5.41) is 3.04. The zero-order chi connectivity index (χ0) is 19.6. The molecule has 0 spiro atoms. The molecule has 0 radical (unpaired) electrons. The number of nitrogens with zero attached hydrogens (tertiary/aromatic N) is 3. The molecule has 0 fully saturated rings. The van der Waals surface area contributed by atoms with Crippen LogP contribution < -0.4 is 11.1 Å². The molecule has 27 heavy (non-hydrogen) atoms. The Morgan fingerprint density at radius 3 is 2.74 bits per heavy atom. The fraction of sp³-hybridized carbons (Fsp3) is 0.294. The maximum Gasteiger partial charge on any atom is 0.409 e. The average molecular weight is 378 g/mol. The molecule has 3 aromatic heterocycles. The number of aromatic nitrogens is 4. The van der Waals surface area contributed by atoms with Crippen LogP contribution in [0.15, 0.2) is 36.8 Å². The maximum atomic E-state index is 13.5. The largest absolute Gasteiger partial charge is 0.409 e. The first-order valence-electron chi connectivity index (χ1n) is 8.19. The first-order valence-corrected chi connectivity index (χ1v) is 8.19. The van der Waals surface area contributed by atoms with Gasteiger partial charge in [0.1, 0.15) is 17.5 Å². The molecule has 4 N–H and O–H groups in total. The van der Waals surface area contributed by atoms with Crippen molar-refractivity contribution >= 4 is 22.8 Å². The van der Waals surface area contributed by atoms with Crippen molar-refractivity contribution in [2.45, 2.75) is 25.6 Å².